The third-order valence-corrected chi connectivity index (χ3v) is 3.21. The maximum absolute atomic E-state index is 13.0. The van der Waals surface area contributed by atoms with Gasteiger partial charge in [0.05, 0.1) is 0 Å². The van der Waals surface area contributed by atoms with Crippen molar-refractivity contribution in [1.82, 2.24) is 0 Å². The molecule has 0 N–H and O–H groups in total. The number of hydrogen-bond donors (Lipinski definition) is 0. The highest BCUT2D eigenvalue weighted by Crippen LogP contribution is 2.17. The molecule has 0 fully saturated rings. The van der Waals surface area contributed by atoms with Gasteiger partial charge in [0.2, 0.25) is 0 Å². The fourth-order valence-electron chi connectivity index (χ4n) is 1.58. The van der Waals surface area contributed by atoms with Gasteiger partial charge in [0, 0.05) is 11.0 Å². The number of hydrogen-bond acceptors (Lipinski definition) is 1. The van der Waals surface area contributed by atoms with Crippen molar-refractivity contribution in [1.29, 1.82) is 0 Å². The molecule has 2 rings (SSSR count). The first-order chi connectivity index (χ1) is 8.67. The zero-order valence-corrected chi connectivity index (χ0v) is 10.7. The molecule has 0 aliphatic heterocycles. The van der Waals surface area contributed by atoms with Gasteiger partial charge in [0.25, 0.3) is 0 Å². The van der Waals surface area contributed by atoms with Crippen LogP contribution in [0.5, 0.6) is 0 Å². The van der Waals surface area contributed by atoms with Crippen molar-refractivity contribution >= 4 is 23.9 Å². The van der Waals surface area contributed by atoms with E-state index in [1.54, 1.807) is 17.8 Å². The second-order valence-electron chi connectivity index (χ2n) is 3.81. The van der Waals surface area contributed by atoms with Crippen LogP contribution in [-0.2, 0) is 0 Å². The molecular weight excluding hydrogens is 250 g/mol. The Labute approximate surface area is 109 Å². The van der Waals surface area contributed by atoms with E-state index in [-0.39, 0.29) is 0 Å². The second kappa shape index (κ2) is 5.83. The summed E-state index contributed by atoms with van der Waals surface area (Å²) in [5.74, 6) is -1.13. The summed E-state index contributed by atoms with van der Waals surface area (Å²) in [7, 11) is 0. The van der Waals surface area contributed by atoms with Crippen molar-refractivity contribution in [3.05, 3.63) is 65.2 Å². The second-order valence-corrected chi connectivity index (χ2v) is 4.69. The van der Waals surface area contributed by atoms with Crippen LogP contribution in [0.3, 0.4) is 0 Å². The molecule has 0 radical (unpaired) electrons. The van der Waals surface area contributed by atoms with Crippen LogP contribution in [0.2, 0.25) is 0 Å². The van der Waals surface area contributed by atoms with Crippen LogP contribution in [0.1, 0.15) is 11.1 Å². The van der Waals surface area contributed by atoms with Crippen molar-refractivity contribution in [2.75, 3.05) is 6.26 Å². The van der Waals surface area contributed by atoms with Gasteiger partial charge < -0.3 is 0 Å². The van der Waals surface area contributed by atoms with Gasteiger partial charge in [-0.15, -0.1) is 11.8 Å². The van der Waals surface area contributed by atoms with Crippen molar-refractivity contribution in [2.24, 2.45) is 0 Å². The van der Waals surface area contributed by atoms with E-state index in [2.05, 4.69) is 0 Å². The van der Waals surface area contributed by atoms with Crippen LogP contribution in [0.25, 0.3) is 12.2 Å². The summed E-state index contributed by atoms with van der Waals surface area (Å²) >= 11 is 1.67. The summed E-state index contributed by atoms with van der Waals surface area (Å²) in [5.41, 5.74) is 1.51. The monoisotopic (exact) mass is 262 g/mol. The van der Waals surface area contributed by atoms with Gasteiger partial charge in [-0.2, -0.15) is 0 Å². The molecule has 0 amide bonds. The average Bonchev–Trinajstić information content (AvgIpc) is 2.36. The van der Waals surface area contributed by atoms with Gasteiger partial charge in [-0.1, -0.05) is 24.3 Å². The van der Waals surface area contributed by atoms with Crippen LogP contribution in [0.4, 0.5) is 8.78 Å². The van der Waals surface area contributed by atoms with Gasteiger partial charge in [0.1, 0.15) is 11.6 Å². The third kappa shape index (κ3) is 3.44. The number of halogens is 2. The summed E-state index contributed by atoms with van der Waals surface area (Å²) in [6, 6.07) is 11.4. The lowest BCUT2D eigenvalue weighted by Gasteiger charge is -1.98. The minimum absolute atomic E-state index is 0.515. The van der Waals surface area contributed by atoms with Gasteiger partial charge in [0.15, 0.2) is 0 Å². The molecule has 3 heteroatoms. The Kier molecular flexibility index (Phi) is 4.15. The van der Waals surface area contributed by atoms with E-state index in [1.807, 2.05) is 36.6 Å². The van der Waals surface area contributed by atoms with Crippen LogP contribution in [0.15, 0.2) is 47.4 Å². The highest BCUT2D eigenvalue weighted by Gasteiger charge is 1.97. The Bertz CT molecular complexity index is 539. The summed E-state index contributed by atoms with van der Waals surface area (Å²) in [4.78, 5) is 1.18. The molecule has 0 bridgehead atoms. The smallest absolute Gasteiger partial charge is 0.126 e. The predicted molar refractivity (Wildman–Crippen MR) is 73.5 cm³/mol. The Morgan fingerprint density at radius 1 is 0.833 bits per heavy atom. The topological polar surface area (TPSA) is 0 Å². The molecule has 0 saturated heterocycles. The number of thioether (sulfide) groups is 1. The van der Waals surface area contributed by atoms with E-state index in [9.17, 15) is 8.78 Å². The van der Waals surface area contributed by atoms with E-state index in [4.69, 9.17) is 0 Å². The first kappa shape index (κ1) is 12.8. The minimum atomic E-state index is -0.563. The van der Waals surface area contributed by atoms with Crippen LogP contribution in [0, 0.1) is 11.6 Å². The van der Waals surface area contributed by atoms with Crippen molar-refractivity contribution in [3.63, 3.8) is 0 Å². The number of rotatable bonds is 3. The minimum Gasteiger partial charge on any atom is -0.207 e. The van der Waals surface area contributed by atoms with Crippen molar-refractivity contribution in [3.8, 4) is 0 Å². The Morgan fingerprint density at radius 3 is 1.94 bits per heavy atom. The standard InChI is InChI=1S/C15H12F2S/c1-18-15-6-4-11(5-7-15)2-3-12-8-13(16)10-14(17)9-12/h2-10H,1H3/b3-2+. The third-order valence-electron chi connectivity index (χ3n) is 2.47. The van der Waals surface area contributed by atoms with Gasteiger partial charge in [-0.05, 0) is 41.6 Å². The zero-order chi connectivity index (χ0) is 13.0. The van der Waals surface area contributed by atoms with E-state index in [1.165, 1.54) is 17.0 Å². The molecule has 0 aliphatic carbocycles. The fourth-order valence-corrected chi connectivity index (χ4v) is 1.99. The molecule has 0 heterocycles. The molecular formula is C15H12F2S. The summed E-state index contributed by atoms with van der Waals surface area (Å²) in [6.07, 6.45) is 5.54. The molecule has 0 nitrogen and oxygen atoms in total. The Morgan fingerprint density at radius 2 is 1.39 bits per heavy atom. The van der Waals surface area contributed by atoms with E-state index < -0.39 is 11.6 Å². The highest BCUT2D eigenvalue weighted by molar-refractivity contribution is 7.98. The van der Waals surface area contributed by atoms with Crippen LogP contribution < -0.4 is 0 Å². The molecule has 0 unspecified atom stereocenters. The summed E-state index contributed by atoms with van der Waals surface area (Å²) < 4.78 is 26.0. The quantitative estimate of drug-likeness (QED) is 0.562. The average molecular weight is 262 g/mol. The summed E-state index contributed by atoms with van der Waals surface area (Å²) in [5, 5.41) is 0. The van der Waals surface area contributed by atoms with Gasteiger partial charge in [-0.3, -0.25) is 0 Å². The molecule has 92 valence electrons. The molecule has 0 aromatic heterocycles. The molecule has 0 spiro atoms. The molecule has 0 atom stereocenters. The lowest BCUT2D eigenvalue weighted by atomic mass is 10.1. The summed E-state index contributed by atoms with van der Waals surface area (Å²) in [6.45, 7) is 0. The number of benzene rings is 2. The van der Waals surface area contributed by atoms with E-state index in [0.29, 0.717) is 5.56 Å². The lowest BCUT2D eigenvalue weighted by Crippen LogP contribution is -1.81. The molecule has 2 aromatic rings. The van der Waals surface area contributed by atoms with Crippen LogP contribution >= 0.6 is 11.8 Å². The van der Waals surface area contributed by atoms with Crippen molar-refractivity contribution < 1.29 is 8.78 Å². The molecule has 2 aromatic carbocycles. The maximum Gasteiger partial charge on any atom is 0.126 e. The first-order valence-corrected chi connectivity index (χ1v) is 6.68. The van der Waals surface area contributed by atoms with Crippen molar-refractivity contribution in [2.45, 2.75) is 4.90 Å². The van der Waals surface area contributed by atoms with Gasteiger partial charge in [-0.25, -0.2) is 8.78 Å². The lowest BCUT2D eigenvalue weighted by molar-refractivity contribution is 0.583. The first-order valence-electron chi connectivity index (χ1n) is 5.45. The Hall–Kier alpha value is -1.61. The van der Waals surface area contributed by atoms with Crippen LogP contribution in [-0.4, -0.2) is 6.26 Å². The highest BCUT2D eigenvalue weighted by atomic mass is 32.2. The maximum atomic E-state index is 13.0. The van der Waals surface area contributed by atoms with E-state index in [0.717, 1.165) is 11.6 Å². The normalized spacial score (nSPS) is 11.1. The largest absolute Gasteiger partial charge is 0.207 e. The fraction of sp³-hybridized carbons (Fsp3) is 0.0667. The SMILES string of the molecule is CSc1ccc(/C=C/c2cc(F)cc(F)c2)cc1. The van der Waals surface area contributed by atoms with Gasteiger partial charge >= 0.3 is 0 Å². The Balaban J connectivity index is 2.18. The molecule has 18 heavy (non-hydrogen) atoms. The predicted octanol–water partition coefficient (Wildman–Crippen LogP) is 4.86. The molecule has 0 aliphatic rings. The van der Waals surface area contributed by atoms with E-state index >= 15 is 0 Å². The zero-order valence-electron chi connectivity index (χ0n) is 9.86. The molecule has 0 saturated carbocycles.